The van der Waals surface area contributed by atoms with Gasteiger partial charge in [0.15, 0.2) is 0 Å². The lowest BCUT2D eigenvalue weighted by Crippen LogP contribution is -2.42. The van der Waals surface area contributed by atoms with Crippen LogP contribution in [-0.4, -0.2) is 46.7 Å². The Kier molecular flexibility index (Phi) is 3.55. The summed E-state index contributed by atoms with van der Waals surface area (Å²) in [6.45, 7) is 6.81. The van der Waals surface area contributed by atoms with Crippen molar-refractivity contribution in [2.24, 2.45) is 0 Å². The molecule has 112 valence electrons. The van der Waals surface area contributed by atoms with Gasteiger partial charge in [0.2, 0.25) is 11.9 Å². The number of hydrogen-bond acceptors (Lipinski definition) is 4. The molecule has 2 aromatic rings. The Labute approximate surface area is 123 Å². The fourth-order valence-corrected chi connectivity index (χ4v) is 2.61. The Morgan fingerprint density at radius 1 is 1.29 bits per heavy atom. The molecule has 2 N–H and O–H groups in total. The first-order valence-electron chi connectivity index (χ1n) is 7.15. The van der Waals surface area contributed by atoms with E-state index in [1.807, 2.05) is 30.9 Å². The Balaban J connectivity index is 1.91. The van der Waals surface area contributed by atoms with Gasteiger partial charge in [-0.15, -0.1) is 0 Å². The number of imidazole rings is 1. The summed E-state index contributed by atoms with van der Waals surface area (Å²) in [5, 5.41) is 0. The first-order chi connectivity index (χ1) is 10.1. The number of aromatic nitrogens is 2. The summed E-state index contributed by atoms with van der Waals surface area (Å²) in [7, 11) is 0. The van der Waals surface area contributed by atoms with Crippen LogP contribution < -0.4 is 5.73 Å². The predicted molar refractivity (Wildman–Crippen MR) is 81.0 cm³/mol. The first-order valence-corrected chi connectivity index (χ1v) is 7.15. The minimum Gasteiger partial charge on any atom is -0.378 e. The molecule has 1 aliphatic heterocycles. The second kappa shape index (κ2) is 5.37. The predicted octanol–water partition coefficient (Wildman–Crippen LogP) is 1.09. The highest BCUT2D eigenvalue weighted by molar-refractivity contribution is 5.84. The molecular weight excluding hydrogens is 268 g/mol. The smallest absolute Gasteiger partial charge is 0.242 e. The first kappa shape index (κ1) is 13.9. The molecule has 2 heterocycles. The number of nitrogens with two attached hydrogens (primary N) is 1. The van der Waals surface area contributed by atoms with Gasteiger partial charge in [-0.25, -0.2) is 4.98 Å². The van der Waals surface area contributed by atoms with Gasteiger partial charge in [0, 0.05) is 13.1 Å². The fraction of sp³-hybridized carbons (Fsp3) is 0.467. The van der Waals surface area contributed by atoms with Gasteiger partial charge in [-0.1, -0.05) is 0 Å². The van der Waals surface area contributed by atoms with Gasteiger partial charge >= 0.3 is 0 Å². The summed E-state index contributed by atoms with van der Waals surface area (Å²) < 4.78 is 7.06. The van der Waals surface area contributed by atoms with Gasteiger partial charge < -0.3 is 19.9 Å². The van der Waals surface area contributed by atoms with Gasteiger partial charge in [0.05, 0.1) is 24.2 Å². The zero-order chi connectivity index (χ0) is 15.0. The highest BCUT2D eigenvalue weighted by Gasteiger charge is 2.19. The summed E-state index contributed by atoms with van der Waals surface area (Å²) in [5.41, 5.74) is 10.1. The average molecular weight is 288 g/mol. The molecule has 1 aromatic carbocycles. The molecule has 0 bridgehead atoms. The molecule has 0 radical (unpaired) electrons. The molecule has 1 fully saturated rings. The molecule has 3 rings (SSSR count). The zero-order valence-electron chi connectivity index (χ0n) is 12.4. The van der Waals surface area contributed by atoms with Crippen molar-refractivity contribution >= 4 is 22.9 Å². The third-order valence-corrected chi connectivity index (χ3v) is 4.05. The number of morpholine rings is 1. The molecule has 1 aliphatic rings. The zero-order valence-corrected chi connectivity index (χ0v) is 12.4. The summed E-state index contributed by atoms with van der Waals surface area (Å²) in [4.78, 5) is 18.6. The van der Waals surface area contributed by atoms with E-state index in [0.29, 0.717) is 32.3 Å². The average Bonchev–Trinajstić information content (AvgIpc) is 2.76. The van der Waals surface area contributed by atoms with Crippen LogP contribution in [0.2, 0.25) is 0 Å². The highest BCUT2D eigenvalue weighted by atomic mass is 16.5. The minimum atomic E-state index is 0.0579. The molecule has 1 saturated heterocycles. The van der Waals surface area contributed by atoms with Crippen molar-refractivity contribution in [1.82, 2.24) is 14.5 Å². The van der Waals surface area contributed by atoms with Gasteiger partial charge in [0.25, 0.3) is 0 Å². The molecule has 1 amide bonds. The number of rotatable bonds is 2. The Morgan fingerprint density at radius 2 is 1.95 bits per heavy atom. The number of fused-ring (bicyclic) bond motifs is 1. The monoisotopic (exact) mass is 288 g/mol. The lowest BCUT2D eigenvalue weighted by molar-refractivity contribution is -0.135. The molecule has 6 heteroatoms. The SMILES string of the molecule is Cc1cc2nc(N)n(CC(=O)N3CCOCC3)c2cc1C. The minimum absolute atomic E-state index is 0.0579. The lowest BCUT2D eigenvalue weighted by Gasteiger charge is -2.27. The molecule has 1 aromatic heterocycles. The number of anilines is 1. The third kappa shape index (κ3) is 2.58. The molecule has 21 heavy (non-hydrogen) atoms. The van der Waals surface area contributed by atoms with Crippen LogP contribution >= 0.6 is 0 Å². The summed E-state index contributed by atoms with van der Waals surface area (Å²) in [6.07, 6.45) is 0. The maximum absolute atomic E-state index is 12.4. The highest BCUT2D eigenvalue weighted by Crippen LogP contribution is 2.22. The molecule has 0 spiro atoms. The van der Waals surface area contributed by atoms with Crippen LogP contribution in [0.25, 0.3) is 11.0 Å². The number of nitrogen functional groups attached to an aromatic ring is 1. The van der Waals surface area contributed by atoms with E-state index < -0.39 is 0 Å². The van der Waals surface area contributed by atoms with Gasteiger partial charge in [0.1, 0.15) is 6.54 Å². The number of nitrogens with zero attached hydrogens (tertiary/aromatic N) is 3. The number of carbonyl (C=O) groups is 1. The molecule has 0 atom stereocenters. The molecular formula is C15H20N4O2. The number of hydrogen-bond donors (Lipinski definition) is 1. The van der Waals surface area contributed by atoms with Crippen molar-refractivity contribution in [2.75, 3.05) is 32.0 Å². The van der Waals surface area contributed by atoms with E-state index in [1.54, 1.807) is 4.57 Å². The van der Waals surface area contributed by atoms with Crippen molar-refractivity contribution in [3.05, 3.63) is 23.3 Å². The van der Waals surface area contributed by atoms with Crippen LogP contribution in [0.1, 0.15) is 11.1 Å². The fourth-order valence-electron chi connectivity index (χ4n) is 2.61. The van der Waals surface area contributed by atoms with Crippen LogP contribution in [0.15, 0.2) is 12.1 Å². The molecule has 0 aliphatic carbocycles. The maximum atomic E-state index is 12.4. The molecule has 0 saturated carbocycles. The number of ether oxygens (including phenoxy) is 1. The maximum Gasteiger partial charge on any atom is 0.242 e. The largest absolute Gasteiger partial charge is 0.378 e. The van der Waals surface area contributed by atoms with Crippen molar-refractivity contribution < 1.29 is 9.53 Å². The van der Waals surface area contributed by atoms with Gasteiger partial charge in [-0.3, -0.25) is 4.79 Å². The van der Waals surface area contributed by atoms with Crippen LogP contribution in [0.3, 0.4) is 0 Å². The van der Waals surface area contributed by atoms with E-state index in [2.05, 4.69) is 4.98 Å². The third-order valence-electron chi connectivity index (χ3n) is 4.05. The Morgan fingerprint density at radius 3 is 2.67 bits per heavy atom. The van der Waals surface area contributed by atoms with Crippen molar-refractivity contribution in [2.45, 2.75) is 20.4 Å². The number of benzene rings is 1. The van der Waals surface area contributed by atoms with E-state index in [4.69, 9.17) is 10.5 Å². The standard InChI is InChI=1S/C15H20N4O2/c1-10-7-12-13(8-11(10)2)19(15(16)17-12)9-14(20)18-3-5-21-6-4-18/h7-8H,3-6,9H2,1-2H3,(H2,16,17). The van der Waals surface area contributed by atoms with E-state index in [-0.39, 0.29) is 12.5 Å². The van der Waals surface area contributed by atoms with Crippen molar-refractivity contribution in [3.63, 3.8) is 0 Å². The number of amides is 1. The lowest BCUT2D eigenvalue weighted by atomic mass is 10.1. The van der Waals surface area contributed by atoms with Crippen LogP contribution in [-0.2, 0) is 16.1 Å². The summed E-state index contributed by atoms with van der Waals surface area (Å²) >= 11 is 0. The van der Waals surface area contributed by atoms with Gasteiger partial charge in [-0.05, 0) is 37.1 Å². The van der Waals surface area contributed by atoms with Crippen LogP contribution in [0, 0.1) is 13.8 Å². The summed E-state index contributed by atoms with van der Waals surface area (Å²) in [6, 6.07) is 4.05. The second-order valence-corrected chi connectivity index (χ2v) is 5.47. The van der Waals surface area contributed by atoms with E-state index in [0.717, 1.165) is 11.0 Å². The van der Waals surface area contributed by atoms with Crippen molar-refractivity contribution in [3.8, 4) is 0 Å². The summed E-state index contributed by atoms with van der Waals surface area (Å²) in [5.74, 6) is 0.444. The van der Waals surface area contributed by atoms with Crippen LogP contribution in [0.5, 0.6) is 0 Å². The quantitative estimate of drug-likeness (QED) is 0.898. The Bertz CT molecular complexity index is 687. The van der Waals surface area contributed by atoms with Crippen molar-refractivity contribution in [1.29, 1.82) is 0 Å². The van der Waals surface area contributed by atoms with E-state index in [9.17, 15) is 4.79 Å². The molecule has 0 unspecified atom stereocenters. The molecule has 6 nitrogen and oxygen atoms in total. The topological polar surface area (TPSA) is 73.4 Å². The Hall–Kier alpha value is -2.08. The van der Waals surface area contributed by atoms with E-state index >= 15 is 0 Å². The van der Waals surface area contributed by atoms with Gasteiger partial charge in [-0.2, -0.15) is 0 Å². The second-order valence-electron chi connectivity index (χ2n) is 5.47. The van der Waals surface area contributed by atoms with Crippen LogP contribution in [0.4, 0.5) is 5.95 Å². The van der Waals surface area contributed by atoms with E-state index in [1.165, 1.54) is 11.1 Å². The number of aryl methyl sites for hydroxylation is 2. The number of carbonyl (C=O) groups excluding carboxylic acids is 1. The normalized spacial score (nSPS) is 15.6.